The third-order valence-corrected chi connectivity index (χ3v) is 3.90. The van der Waals surface area contributed by atoms with Gasteiger partial charge in [-0.25, -0.2) is 0 Å². The number of anilines is 2. The molecule has 20 heavy (non-hydrogen) atoms. The van der Waals surface area contributed by atoms with Crippen molar-refractivity contribution in [3.8, 4) is 11.1 Å². The second-order valence-electron chi connectivity index (χ2n) is 5.12. The Bertz CT molecular complexity index is 477. The van der Waals surface area contributed by atoms with Crippen LogP contribution in [0.5, 0.6) is 0 Å². The summed E-state index contributed by atoms with van der Waals surface area (Å²) < 4.78 is 0. The highest BCUT2D eigenvalue weighted by Crippen LogP contribution is 2.25. The molecule has 0 N–H and O–H groups in total. The summed E-state index contributed by atoms with van der Waals surface area (Å²) in [6.07, 6.45) is 0. The van der Waals surface area contributed by atoms with E-state index in [-0.39, 0.29) is 0 Å². The third-order valence-electron chi connectivity index (χ3n) is 3.90. The summed E-state index contributed by atoms with van der Waals surface area (Å²) >= 11 is 0. The zero-order chi connectivity index (χ0) is 14.5. The van der Waals surface area contributed by atoms with Gasteiger partial charge in [0, 0.05) is 38.6 Å². The standard InChI is InChI=1S/C18H24N2/c1-5-19(3)17-11-7-15(8-12-17)16-9-13-18(14-10-16)20(4)6-2/h7-14H,5-6H2,1-4H3. The van der Waals surface area contributed by atoms with Gasteiger partial charge in [0.1, 0.15) is 0 Å². The Balaban J connectivity index is 2.19. The summed E-state index contributed by atoms with van der Waals surface area (Å²) in [6, 6.07) is 17.5. The minimum Gasteiger partial charge on any atom is -0.375 e. The quantitative estimate of drug-likeness (QED) is 0.799. The van der Waals surface area contributed by atoms with E-state index >= 15 is 0 Å². The Morgan fingerprint density at radius 2 is 0.900 bits per heavy atom. The normalized spacial score (nSPS) is 10.4. The van der Waals surface area contributed by atoms with Gasteiger partial charge in [-0.05, 0) is 49.2 Å². The first kappa shape index (κ1) is 14.4. The van der Waals surface area contributed by atoms with E-state index in [0.717, 1.165) is 13.1 Å². The lowest BCUT2D eigenvalue weighted by molar-refractivity contribution is 0.968. The van der Waals surface area contributed by atoms with Gasteiger partial charge in [0.25, 0.3) is 0 Å². The van der Waals surface area contributed by atoms with Crippen molar-refractivity contribution in [2.45, 2.75) is 13.8 Å². The fourth-order valence-corrected chi connectivity index (χ4v) is 2.18. The Morgan fingerprint density at radius 3 is 1.15 bits per heavy atom. The molecular formula is C18H24N2. The van der Waals surface area contributed by atoms with Crippen molar-refractivity contribution >= 4 is 11.4 Å². The maximum atomic E-state index is 2.24. The van der Waals surface area contributed by atoms with Crippen LogP contribution in [0.15, 0.2) is 48.5 Å². The molecule has 0 saturated heterocycles. The van der Waals surface area contributed by atoms with Gasteiger partial charge in [0.2, 0.25) is 0 Å². The first-order chi connectivity index (χ1) is 9.65. The number of benzene rings is 2. The molecule has 0 aliphatic carbocycles. The van der Waals surface area contributed by atoms with Gasteiger partial charge in [0.15, 0.2) is 0 Å². The van der Waals surface area contributed by atoms with E-state index in [1.165, 1.54) is 22.5 Å². The van der Waals surface area contributed by atoms with E-state index in [1.54, 1.807) is 0 Å². The molecule has 2 nitrogen and oxygen atoms in total. The monoisotopic (exact) mass is 268 g/mol. The maximum absolute atomic E-state index is 2.24. The molecule has 0 aliphatic rings. The van der Waals surface area contributed by atoms with Crippen LogP contribution in [0.3, 0.4) is 0 Å². The fraction of sp³-hybridized carbons (Fsp3) is 0.333. The molecule has 0 heterocycles. The van der Waals surface area contributed by atoms with Crippen LogP contribution in [-0.4, -0.2) is 27.2 Å². The van der Waals surface area contributed by atoms with E-state index in [0.29, 0.717) is 0 Å². The lowest BCUT2D eigenvalue weighted by Gasteiger charge is -2.18. The van der Waals surface area contributed by atoms with E-state index in [9.17, 15) is 0 Å². The average Bonchev–Trinajstić information content (AvgIpc) is 2.53. The molecule has 0 radical (unpaired) electrons. The van der Waals surface area contributed by atoms with E-state index in [4.69, 9.17) is 0 Å². The van der Waals surface area contributed by atoms with Crippen LogP contribution >= 0.6 is 0 Å². The predicted molar refractivity (Wildman–Crippen MR) is 89.8 cm³/mol. The highest BCUT2D eigenvalue weighted by Gasteiger charge is 2.02. The second kappa shape index (κ2) is 6.47. The van der Waals surface area contributed by atoms with Crippen LogP contribution in [-0.2, 0) is 0 Å². The number of hydrogen-bond acceptors (Lipinski definition) is 2. The predicted octanol–water partition coefficient (Wildman–Crippen LogP) is 4.27. The first-order valence-electron chi connectivity index (χ1n) is 7.28. The maximum Gasteiger partial charge on any atom is 0.0363 e. The van der Waals surface area contributed by atoms with Crippen molar-refractivity contribution in [3.05, 3.63) is 48.5 Å². The molecule has 0 unspecified atom stereocenters. The SMILES string of the molecule is CCN(C)c1ccc(-c2ccc(N(C)CC)cc2)cc1. The van der Waals surface area contributed by atoms with Gasteiger partial charge < -0.3 is 9.80 Å². The van der Waals surface area contributed by atoms with Crippen LogP contribution in [0.1, 0.15) is 13.8 Å². The molecule has 2 aromatic rings. The molecule has 0 aromatic heterocycles. The summed E-state index contributed by atoms with van der Waals surface area (Å²) in [5.74, 6) is 0. The van der Waals surface area contributed by atoms with Crippen molar-refractivity contribution in [2.24, 2.45) is 0 Å². The summed E-state index contributed by atoms with van der Waals surface area (Å²) in [5, 5.41) is 0. The minimum absolute atomic E-state index is 1.03. The zero-order valence-corrected chi connectivity index (χ0v) is 12.9. The molecule has 0 saturated carbocycles. The van der Waals surface area contributed by atoms with Crippen molar-refractivity contribution in [3.63, 3.8) is 0 Å². The summed E-state index contributed by atoms with van der Waals surface area (Å²) in [7, 11) is 4.23. The highest BCUT2D eigenvalue weighted by molar-refractivity contribution is 5.68. The van der Waals surface area contributed by atoms with Gasteiger partial charge in [-0.2, -0.15) is 0 Å². The Kier molecular flexibility index (Phi) is 4.67. The van der Waals surface area contributed by atoms with Crippen molar-refractivity contribution in [1.82, 2.24) is 0 Å². The van der Waals surface area contributed by atoms with Crippen LogP contribution < -0.4 is 9.80 Å². The molecule has 0 fully saturated rings. The van der Waals surface area contributed by atoms with Crippen LogP contribution in [0, 0.1) is 0 Å². The second-order valence-corrected chi connectivity index (χ2v) is 5.12. The molecule has 0 bridgehead atoms. The van der Waals surface area contributed by atoms with E-state index in [1.807, 2.05) is 0 Å². The third kappa shape index (κ3) is 3.13. The molecule has 2 aromatic carbocycles. The topological polar surface area (TPSA) is 6.48 Å². The van der Waals surface area contributed by atoms with E-state index in [2.05, 4.69) is 86.3 Å². The first-order valence-corrected chi connectivity index (χ1v) is 7.28. The summed E-state index contributed by atoms with van der Waals surface area (Å²) in [6.45, 7) is 6.38. The smallest absolute Gasteiger partial charge is 0.0363 e. The van der Waals surface area contributed by atoms with E-state index < -0.39 is 0 Å². The Hall–Kier alpha value is -1.96. The molecule has 2 rings (SSSR count). The number of nitrogens with zero attached hydrogens (tertiary/aromatic N) is 2. The average molecular weight is 268 g/mol. The molecule has 106 valence electrons. The van der Waals surface area contributed by atoms with Crippen LogP contribution in [0.2, 0.25) is 0 Å². The van der Waals surface area contributed by atoms with Gasteiger partial charge in [-0.1, -0.05) is 24.3 Å². The fourth-order valence-electron chi connectivity index (χ4n) is 2.18. The lowest BCUT2D eigenvalue weighted by atomic mass is 10.0. The van der Waals surface area contributed by atoms with Crippen molar-refractivity contribution < 1.29 is 0 Å². The van der Waals surface area contributed by atoms with Crippen molar-refractivity contribution in [1.29, 1.82) is 0 Å². The molecule has 0 aliphatic heterocycles. The van der Waals surface area contributed by atoms with Crippen LogP contribution in [0.4, 0.5) is 11.4 Å². The molecule has 2 heteroatoms. The number of hydrogen-bond donors (Lipinski definition) is 0. The molecule has 0 atom stereocenters. The number of rotatable bonds is 5. The van der Waals surface area contributed by atoms with Gasteiger partial charge >= 0.3 is 0 Å². The molecule has 0 spiro atoms. The Morgan fingerprint density at radius 1 is 0.600 bits per heavy atom. The largest absolute Gasteiger partial charge is 0.375 e. The Labute approximate surface area is 122 Å². The molecular weight excluding hydrogens is 244 g/mol. The van der Waals surface area contributed by atoms with Crippen molar-refractivity contribution in [2.75, 3.05) is 37.0 Å². The molecule has 0 amide bonds. The zero-order valence-electron chi connectivity index (χ0n) is 12.9. The van der Waals surface area contributed by atoms with Crippen LogP contribution in [0.25, 0.3) is 11.1 Å². The highest BCUT2D eigenvalue weighted by atomic mass is 15.1. The summed E-state index contributed by atoms with van der Waals surface area (Å²) in [4.78, 5) is 4.48. The van der Waals surface area contributed by atoms with Gasteiger partial charge in [-0.3, -0.25) is 0 Å². The lowest BCUT2D eigenvalue weighted by Crippen LogP contribution is -2.15. The summed E-state index contributed by atoms with van der Waals surface area (Å²) in [5.41, 5.74) is 5.06. The minimum atomic E-state index is 1.03. The van der Waals surface area contributed by atoms with Gasteiger partial charge in [-0.15, -0.1) is 0 Å². The van der Waals surface area contributed by atoms with Gasteiger partial charge in [0.05, 0.1) is 0 Å².